The predicted molar refractivity (Wildman–Crippen MR) is 340 cm³/mol. The zero-order chi connectivity index (χ0) is 64.0. The molecule has 0 aliphatic carbocycles. The molecule has 1 aliphatic rings. The first kappa shape index (κ1) is 73.1. The summed E-state index contributed by atoms with van der Waals surface area (Å²) in [6.07, 6.45) is 10.4. The summed E-state index contributed by atoms with van der Waals surface area (Å²) >= 11 is 1.42. The molecule has 486 valence electrons. The quantitative estimate of drug-likeness (QED) is 0.0334. The summed E-state index contributed by atoms with van der Waals surface area (Å²) in [6.45, 7) is 26.3. The van der Waals surface area contributed by atoms with Crippen LogP contribution in [0.25, 0.3) is 0 Å². The number of ether oxygens (including phenoxy) is 6. The van der Waals surface area contributed by atoms with Crippen molar-refractivity contribution in [1.29, 1.82) is 0 Å². The van der Waals surface area contributed by atoms with E-state index in [0.717, 1.165) is 62.5 Å². The number of carbonyl (C=O) groups is 6. The molecule has 2 aromatic carbocycles. The Kier molecular flexibility index (Phi) is 31.0. The second-order valence-corrected chi connectivity index (χ2v) is 27.4. The summed E-state index contributed by atoms with van der Waals surface area (Å²) in [4.78, 5) is 102. The van der Waals surface area contributed by atoms with Gasteiger partial charge in [-0.1, -0.05) is 99.2 Å². The van der Waals surface area contributed by atoms with E-state index in [2.05, 4.69) is 10.3 Å². The number of aromatic nitrogens is 2. The van der Waals surface area contributed by atoms with Crippen LogP contribution in [0.4, 0.5) is 25.0 Å². The lowest BCUT2D eigenvalue weighted by molar-refractivity contribution is -0.147. The van der Waals surface area contributed by atoms with E-state index < -0.39 is 39.8 Å². The standard InChI is InChI=1S/C66H103N7O13S/c1-63(2,3)83-59(77)69(40-27-13-15-29-44-71(61(79)85-65(7,8)9)47-51-33-21-17-22-34-51)42-31-19-25-37-54(74)67-53-39-46-73(58(76)68-53)55-50-87-57(82-55)49-81-56(75)38-26-20-32-43-70(60(78)84-64(4,5)6)41-28-14-16-30-45-72(62(80)86-66(10,11)12)48-52-35-23-18-24-36-52/h17-18,21-24,33-36,39,46,55,57H,13-16,19-20,25-32,37-38,40-45,47-50H2,1-12H3,(H,67,68,74,76)/t55-,57-/m0/s1. The van der Waals surface area contributed by atoms with Gasteiger partial charge in [0.15, 0.2) is 0 Å². The molecule has 1 aromatic heterocycles. The summed E-state index contributed by atoms with van der Waals surface area (Å²) in [5, 5.41) is 2.72. The molecule has 1 fully saturated rings. The van der Waals surface area contributed by atoms with Crippen molar-refractivity contribution >= 4 is 53.8 Å². The Bertz CT molecular complexity index is 2610. The molecule has 0 spiro atoms. The average molecular weight is 1230 g/mol. The zero-order valence-corrected chi connectivity index (χ0v) is 55.2. The van der Waals surface area contributed by atoms with Crippen LogP contribution in [0, 0.1) is 0 Å². The Balaban J connectivity index is 1.11. The number of unbranched alkanes of at least 4 members (excludes halogenated alkanes) is 10. The van der Waals surface area contributed by atoms with E-state index in [0.29, 0.717) is 96.6 Å². The molecule has 5 amide bonds. The minimum atomic E-state index is -0.650. The second-order valence-electron chi connectivity index (χ2n) is 26.2. The number of nitrogens with one attached hydrogen (secondary N) is 1. The van der Waals surface area contributed by atoms with E-state index in [9.17, 15) is 33.6 Å². The summed E-state index contributed by atoms with van der Waals surface area (Å²) in [6, 6.07) is 21.3. The van der Waals surface area contributed by atoms with Gasteiger partial charge in [0, 0.05) is 77.1 Å². The van der Waals surface area contributed by atoms with E-state index in [4.69, 9.17) is 28.4 Å². The van der Waals surface area contributed by atoms with Gasteiger partial charge in [0.2, 0.25) is 5.91 Å². The number of thioether (sulfide) groups is 1. The molecule has 4 rings (SSSR count). The van der Waals surface area contributed by atoms with Crippen LogP contribution in [0.15, 0.2) is 77.7 Å². The third kappa shape index (κ3) is 31.9. The molecule has 2 atom stereocenters. The molecule has 0 radical (unpaired) electrons. The molecular weight excluding hydrogens is 1130 g/mol. The molecule has 0 unspecified atom stereocenters. The molecule has 21 heteroatoms. The van der Waals surface area contributed by atoms with Crippen molar-refractivity contribution in [2.45, 2.75) is 233 Å². The van der Waals surface area contributed by atoms with E-state index in [-0.39, 0.29) is 61.5 Å². The second kappa shape index (κ2) is 36.8. The van der Waals surface area contributed by atoms with Crippen molar-refractivity contribution in [3.8, 4) is 0 Å². The lowest BCUT2D eigenvalue weighted by Crippen LogP contribution is -2.38. The molecule has 1 saturated heterocycles. The first-order valence-electron chi connectivity index (χ1n) is 31.3. The maximum atomic E-state index is 13.2. The SMILES string of the molecule is CC(C)(C)OC(=O)N(CCCCCCN(Cc1ccccc1)C(=O)OC(C)(C)C)CCCCCC(=O)Nc1ccn([C@@H]2CS[C@@H](COC(=O)CCCCCN(CCCCCCN(Cc3ccccc3)C(=O)OC(C)(C)C)C(=O)OC(C)(C)C)O2)c(=O)n1. The minimum Gasteiger partial charge on any atom is -0.462 e. The third-order valence-corrected chi connectivity index (χ3v) is 14.5. The van der Waals surface area contributed by atoms with Crippen LogP contribution in [0.2, 0.25) is 0 Å². The van der Waals surface area contributed by atoms with Gasteiger partial charge in [-0.3, -0.25) is 14.2 Å². The van der Waals surface area contributed by atoms with Crippen LogP contribution >= 0.6 is 11.8 Å². The van der Waals surface area contributed by atoms with Gasteiger partial charge in [-0.05, 0) is 152 Å². The molecule has 1 aliphatic heterocycles. The van der Waals surface area contributed by atoms with Gasteiger partial charge in [-0.25, -0.2) is 24.0 Å². The molecular formula is C66H103N7O13S. The van der Waals surface area contributed by atoms with Crippen molar-refractivity contribution in [2.75, 3.05) is 56.9 Å². The van der Waals surface area contributed by atoms with Crippen LogP contribution in [0.5, 0.6) is 0 Å². The number of hydrogen-bond donors (Lipinski definition) is 1. The van der Waals surface area contributed by atoms with Crippen LogP contribution < -0.4 is 11.0 Å². The number of carbonyl (C=O) groups excluding carboxylic acids is 6. The van der Waals surface area contributed by atoms with Gasteiger partial charge in [-0.2, -0.15) is 4.98 Å². The maximum Gasteiger partial charge on any atom is 0.410 e. The van der Waals surface area contributed by atoms with E-state index in [1.807, 2.05) is 144 Å². The summed E-state index contributed by atoms with van der Waals surface area (Å²) in [5.41, 5.74) is -1.49. The largest absolute Gasteiger partial charge is 0.462 e. The van der Waals surface area contributed by atoms with E-state index in [1.54, 1.807) is 25.7 Å². The molecule has 3 aromatic rings. The molecule has 2 heterocycles. The van der Waals surface area contributed by atoms with E-state index >= 15 is 0 Å². The normalized spacial score (nSPS) is 14.4. The van der Waals surface area contributed by atoms with Gasteiger partial charge in [-0.15, -0.1) is 11.8 Å². The first-order valence-corrected chi connectivity index (χ1v) is 32.4. The molecule has 87 heavy (non-hydrogen) atoms. The van der Waals surface area contributed by atoms with Gasteiger partial charge in [0.1, 0.15) is 46.5 Å². The predicted octanol–water partition coefficient (Wildman–Crippen LogP) is 13.9. The van der Waals surface area contributed by atoms with Crippen molar-refractivity contribution in [2.24, 2.45) is 0 Å². The maximum absolute atomic E-state index is 13.2. The Morgan fingerprint density at radius 1 is 0.517 bits per heavy atom. The Morgan fingerprint density at radius 3 is 1.28 bits per heavy atom. The fourth-order valence-electron chi connectivity index (χ4n) is 9.22. The van der Waals surface area contributed by atoms with Crippen LogP contribution in [0.3, 0.4) is 0 Å². The molecule has 0 bridgehead atoms. The average Bonchev–Trinajstić information content (AvgIpc) is 3.58. The van der Waals surface area contributed by atoms with E-state index in [1.165, 1.54) is 22.5 Å². The molecule has 0 saturated carbocycles. The first-order chi connectivity index (χ1) is 41.0. The number of rotatable bonds is 34. The Labute approximate surface area is 522 Å². The summed E-state index contributed by atoms with van der Waals surface area (Å²) in [5.74, 6) is -0.0774. The van der Waals surface area contributed by atoms with Crippen molar-refractivity contribution in [3.63, 3.8) is 0 Å². The topological polar surface area (TPSA) is 218 Å². The number of nitrogens with zero attached hydrogens (tertiary/aromatic N) is 6. The summed E-state index contributed by atoms with van der Waals surface area (Å²) < 4.78 is 35.8. The highest BCUT2D eigenvalue weighted by atomic mass is 32.2. The fourth-order valence-corrected chi connectivity index (χ4v) is 10.2. The number of benzene rings is 2. The van der Waals surface area contributed by atoms with Crippen LogP contribution in [-0.2, 0) is 51.1 Å². The van der Waals surface area contributed by atoms with Gasteiger partial charge in [0.05, 0.1) is 0 Å². The molecule has 20 nitrogen and oxygen atoms in total. The molecule has 1 N–H and O–H groups in total. The van der Waals surface area contributed by atoms with Crippen molar-refractivity contribution < 1.29 is 57.2 Å². The number of anilines is 1. The lowest BCUT2D eigenvalue weighted by Gasteiger charge is -2.28. The summed E-state index contributed by atoms with van der Waals surface area (Å²) in [7, 11) is 0. The van der Waals surface area contributed by atoms with Crippen LogP contribution in [-0.4, -0.2) is 145 Å². The highest BCUT2D eigenvalue weighted by molar-refractivity contribution is 8.00. The number of amides is 5. The third-order valence-electron chi connectivity index (χ3n) is 13.4. The fraction of sp³-hybridized carbons (Fsp3) is 0.667. The van der Waals surface area contributed by atoms with Crippen molar-refractivity contribution in [1.82, 2.24) is 29.2 Å². The zero-order valence-electron chi connectivity index (χ0n) is 54.4. The lowest BCUT2D eigenvalue weighted by atomic mass is 10.1. The monoisotopic (exact) mass is 1230 g/mol. The highest BCUT2D eigenvalue weighted by Crippen LogP contribution is 2.31. The van der Waals surface area contributed by atoms with Gasteiger partial charge < -0.3 is 53.3 Å². The smallest absolute Gasteiger partial charge is 0.410 e. The highest BCUT2D eigenvalue weighted by Gasteiger charge is 2.30. The van der Waals surface area contributed by atoms with Gasteiger partial charge in [0.25, 0.3) is 0 Å². The Hall–Kier alpha value is -6.35. The van der Waals surface area contributed by atoms with Crippen molar-refractivity contribution in [3.05, 3.63) is 94.5 Å². The minimum absolute atomic E-state index is 0.0169. The van der Waals surface area contributed by atoms with Crippen LogP contribution in [0.1, 0.15) is 203 Å². The number of esters is 1. The van der Waals surface area contributed by atoms with Gasteiger partial charge >= 0.3 is 36.0 Å². The number of hydrogen-bond acceptors (Lipinski definition) is 15. The Morgan fingerprint density at radius 2 is 0.885 bits per heavy atom.